The largest absolute Gasteiger partial charge is 0.494 e. The number of aromatic nitrogens is 2. The summed E-state index contributed by atoms with van der Waals surface area (Å²) in [5, 5.41) is 16.4. The highest BCUT2D eigenvalue weighted by atomic mass is 35.5. The maximum Gasteiger partial charge on any atom is 0.121 e. The number of aliphatic hydroxyl groups is 1. The van der Waals surface area contributed by atoms with E-state index in [4.69, 9.17) is 32.7 Å². The molecule has 0 radical (unpaired) electrons. The summed E-state index contributed by atoms with van der Waals surface area (Å²) in [7, 11) is 0. The van der Waals surface area contributed by atoms with Gasteiger partial charge in [-0.05, 0) is 62.6 Å². The molecule has 1 saturated heterocycles. The third kappa shape index (κ3) is 7.37. The van der Waals surface area contributed by atoms with Gasteiger partial charge in [-0.1, -0.05) is 35.3 Å². The van der Waals surface area contributed by atoms with E-state index in [1.54, 1.807) is 18.2 Å². The first-order valence-electron chi connectivity index (χ1n) is 12.1. The van der Waals surface area contributed by atoms with E-state index in [1.807, 2.05) is 23.7 Å². The highest BCUT2D eigenvalue weighted by molar-refractivity contribution is 6.42. The van der Waals surface area contributed by atoms with E-state index in [0.29, 0.717) is 35.2 Å². The lowest BCUT2D eigenvalue weighted by Crippen LogP contribution is -2.47. The smallest absolute Gasteiger partial charge is 0.121 e. The van der Waals surface area contributed by atoms with E-state index in [1.165, 1.54) is 11.3 Å². The maximum atomic E-state index is 11.0. The van der Waals surface area contributed by atoms with E-state index in [9.17, 15) is 5.11 Å². The van der Waals surface area contributed by atoms with Crippen molar-refractivity contribution in [2.24, 2.45) is 0 Å². The van der Waals surface area contributed by atoms with E-state index in [2.05, 4.69) is 35.1 Å². The summed E-state index contributed by atoms with van der Waals surface area (Å²) < 4.78 is 13.8. The molecule has 0 aliphatic carbocycles. The lowest BCUT2D eigenvalue weighted by atomic mass is 9.92. The molecule has 1 aliphatic heterocycles. The van der Waals surface area contributed by atoms with Crippen molar-refractivity contribution in [2.45, 2.75) is 51.8 Å². The van der Waals surface area contributed by atoms with Gasteiger partial charge in [0.2, 0.25) is 0 Å². The van der Waals surface area contributed by atoms with Crippen molar-refractivity contribution in [1.29, 1.82) is 0 Å². The maximum absolute atomic E-state index is 11.0. The predicted molar refractivity (Wildman–Crippen MR) is 140 cm³/mol. The van der Waals surface area contributed by atoms with Gasteiger partial charge in [-0.25, -0.2) is 0 Å². The molecule has 0 bridgehead atoms. The zero-order valence-corrected chi connectivity index (χ0v) is 21.9. The van der Waals surface area contributed by atoms with E-state index in [0.717, 1.165) is 44.0 Å². The second-order valence-corrected chi connectivity index (χ2v) is 10.2. The molecule has 1 fully saturated rings. The van der Waals surface area contributed by atoms with Crippen molar-refractivity contribution in [1.82, 2.24) is 14.7 Å². The van der Waals surface area contributed by atoms with Crippen LogP contribution in [0, 0.1) is 13.8 Å². The first kappa shape index (κ1) is 25.8. The summed E-state index contributed by atoms with van der Waals surface area (Å²) in [6.07, 6.45) is 2.20. The number of halogens is 2. The molecule has 6 nitrogen and oxygen atoms in total. The Balaban J connectivity index is 1.20. The Hall–Kier alpha value is -2.25. The Morgan fingerprint density at radius 2 is 1.74 bits per heavy atom. The third-order valence-electron chi connectivity index (χ3n) is 6.38. The monoisotopic (exact) mass is 517 g/mol. The minimum atomic E-state index is -0.848. The number of ether oxygens (including phenoxy) is 2. The van der Waals surface area contributed by atoms with Crippen LogP contribution in [0.4, 0.5) is 0 Å². The van der Waals surface area contributed by atoms with Gasteiger partial charge in [0.15, 0.2) is 0 Å². The highest BCUT2D eigenvalue weighted by Gasteiger charge is 2.33. The van der Waals surface area contributed by atoms with Crippen LogP contribution in [-0.2, 0) is 13.1 Å². The lowest BCUT2D eigenvalue weighted by molar-refractivity contribution is -0.0537. The van der Waals surface area contributed by atoms with Crippen molar-refractivity contribution in [3.05, 3.63) is 75.5 Å². The zero-order chi connectivity index (χ0) is 24.8. The fourth-order valence-electron chi connectivity index (χ4n) is 4.35. The molecule has 0 amide bonds. The van der Waals surface area contributed by atoms with Gasteiger partial charge >= 0.3 is 0 Å². The van der Waals surface area contributed by atoms with Crippen LogP contribution in [0.1, 0.15) is 36.2 Å². The van der Waals surface area contributed by atoms with Crippen LogP contribution >= 0.6 is 23.2 Å². The number of aryl methyl sites for hydroxylation is 3. The van der Waals surface area contributed by atoms with Gasteiger partial charge in [0, 0.05) is 44.4 Å². The summed E-state index contributed by atoms with van der Waals surface area (Å²) in [6, 6.07) is 15.5. The fourth-order valence-corrected chi connectivity index (χ4v) is 4.64. The summed E-state index contributed by atoms with van der Waals surface area (Å²) in [4.78, 5) is 2.36. The molecule has 1 aliphatic rings. The van der Waals surface area contributed by atoms with E-state index >= 15 is 0 Å². The molecule has 0 unspecified atom stereocenters. The van der Waals surface area contributed by atoms with Crippen LogP contribution < -0.4 is 9.47 Å². The van der Waals surface area contributed by atoms with Crippen LogP contribution in [0.25, 0.3) is 0 Å². The molecule has 0 spiro atoms. The van der Waals surface area contributed by atoms with E-state index < -0.39 is 5.60 Å². The van der Waals surface area contributed by atoms with E-state index in [-0.39, 0.29) is 6.61 Å². The lowest BCUT2D eigenvalue weighted by Gasteiger charge is -2.38. The number of hydrogen-bond donors (Lipinski definition) is 1. The summed E-state index contributed by atoms with van der Waals surface area (Å²) in [5.74, 6) is 1.50. The molecule has 8 heteroatoms. The molecule has 188 valence electrons. The molecular weight excluding hydrogens is 485 g/mol. The van der Waals surface area contributed by atoms with Crippen molar-refractivity contribution >= 4 is 23.2 Å². The van der Waals surface area contributed by atoms with Gasteiger partial charge in [0.1, 0.15) is 23.7 Å². The van der Waals surface area contributed by atoms with Gasteiger partial charge in [-0.3, -0.25) is 9.58 Å². The molecule has 3 aromatic rings. The quantitative estimate of drug-likeness (QED) is 0.350. The molecule has 0 saturated carbocycles. The minimum absolute atomic E-state index is 0.236. The summed E-state index contributed by atoms with van der Waals surface area (Å²) in [6.45, 7) is 8.26. The average molecular weight is 518 g/mol. The molecule has 1 aromatic heterocycles. The SMILES string of the molecule is Cc1cc(C)n(CCCOc2cccc(CN3CCC(O)(COc4ccc(Cl)c(Cl)c4)CC3)c2)n1. The summed E-state index contributed by atoms with van der Waals surface area (Å²) >= 11 is 12.0. The Morgan fingerprint density at radius 3 is 2.46 bits per heavy atom. The van der Waals surface area contributed by atoms with Gasteiger partial charge in [0.25, 0.3) is 0 Å². The minimum Gasteiger partial charge on any atom is -0.494 e. The molecule has 4 rings (SSSR count). The normalized spacial score (nSPS) is 15.8. The molecule has 2 heterocycles. The fraction of sp³-hybridized carbons (Fsp3) is 0.444. The second-order valence-electron chi connectivity index (χ2n) is 9.36. The number of hydrogen-bond acceptors (Lipinski definition) is 5. The Labute approximate surface area is 217 Å². The molecule has 35 heavy (non-hydrogen) atoms. The van der Waals surface area contributed by atoms with Crippen LogP contribution in [0.2, 0.25) is 10.0 Å². The topological polar surface area (TPSA) is 59.8 Å². The Bertz CT molecular complexity index is 1130. The zero-order valence-electron chi connectivity index (χ0n) is 20.3. The van der Waals surface area contributed by atoms with Crippen LogP contribution in [0.3, 0.4) is 0 Å². The highest BCUT2D eigenvalue weighted by Crippen LogP contribution is 2.29. The van der Waals surface area contributed by atoms with Crippen LogP contribution in [-0.4, -0.2) is 51.7 Å². The third-order valence-corrected chi connectivity index (χ3v) is 7.12. The Morgan fingerprint density at radius 1 is 0.971 bits per heavy atom. The summed E-state index contributed by atoms with van der Waals surface area (Å²) in [5.41, 5.74) is 2.59. The van der Waals surface area contributed by atoms with Gasteiger partial charge < -0.3 is 14.6 Å². The van der Waals surface area contributed by atoms with Gasteiger partial charge in [-0.2, -0.15) is 5.10 Å². The molecule has 2 aromatic carbocycles. The first-order chi connectivity index (χ1) is 16.8. The van der Waals surface area contributed by atoms with Crippen molar-refractivity contribution in [2.75, 3.05) is 26.3 Å². The van der Waals surface area contributed by atoms with Crippen LogP contribution in [0.15, 0.2) is 48.5 Å². The first-order valence-corrected chi connectivity index (χ1v) is 12.8. The molecule has 0 atom stereocenters. The molecule has 1 N–H and O–H groups in total. The standard InChI is InChI=1S/C27H33Cl2N3O3/c1-20-15-21(2)32(30-20)11-4-14-34-23-6-3-5-22(16-23)18-31-12-9-27(33,10-13-31)19-35-24-7-8-25(28)26(29)17-24/h3,5-8,15-17,33H,4,9-14,18-19H2,1-2H3. The molecular formula is C27H33Cl2N3O3. The van der Waals surface area contributed by atoms with Gasteiger partial charge in [-0.15, -0.1) is 0 Å². The number of piperidine rings is 1. The Kier molecular flexibility index (Phi) is 8.60. The second kappa shape index (κ2) is 11.7. The average Bonchev–Trinajstić information content (AvgIpc) is 3.16. The number of benzene rings is 2. The van der Waals surface area contributed by atoms with Crippen molar-refractivity contribution in [3.8, 4) is 11.5 Å². The predicted octanol–water partition coefficient (Wildman–Crippen LogP) is 5.68. The number of nitrogens with zero attached hydrogens (tertiary/aromatic N) is 3. The van der Waals surface area contributed by atoms with Crippen LogP contribution in [0.5, 0.6) is 11.5 Å². The van der Waals surface area contributed by atoms with Crippen molar-refractivity contribution in [3.63, 3.8) is 0 Å². The number of rotatable bonds is 10. The van der Waals surface area contributed by atoms with Crippen molar-refractivity contribution < 1.29 is 14.6 Å². The number of likely N-dealkylation sites (tertiary alicyclic amines) is 1. The van der Waals surface area contributed by atoms with Gasteiger partial charge in [0.05, 0.1) is 22.3 Å².